The predicted octanol–water partition coefficient (Wildman–Crippen LogP) is 2.04. The highest BCUT2D eigenvalue weighted by molar-refractivity contribution is 7.71. The second kappa shape index (κ2) is 3.58. The maximum atomic E-state index is 5.12. The number of hydrogen-bond acceptors (Lipinski definition) is 5. The molecule has 7 heteroatoms. The first-order chi connectivity index (χ1) is 6.70. The molecule has 0 saturated heterocycles. The standard InChI is InChI=1S/C7H9N5S2/c1-4(2)12-6(9-10-7(12)13)5-3-14-11-8-5/h3-4H,1-2H3,(H,10,13). The van der Waals surface area contributed by atoms with E-state index in [0.717, 1.165) is 11.5 Å². The molecule has 0 atom stereocenters. The van der Waals surface area contributed by atoms with Crippen molar-refractivity contribution in [3.8, 4) is 11.5 Å². The van der Waals surface area contributed by atoms with Crippen LogP contribution in [0.25, 0.3) is 11.5 Å². The van der Waals surface area contributed by atoms with E-state index in [1.165, 1.54) is 11.5 Å². The first kappa shape index (κ1) is 9.47. The third-order valence-electron chi connectivity index (χ3n) is 1.81. The smallest absolute Gasteiger partial charge is 0.195 e. The van der Waals surface area contributed by atoms with Gasteiger partial charge in [-0.2, -0.15) is 5.10 Å². The molecule has 0 spiro atoms. The van der Waals surface area contributed by atoms with Crippen LogP contribution in [-0.2, 0) is 0 Å². The molecular weight excluding hydrogens is 218 g/mol. The lowest BCUT2D eigenvalue weighted by Gasteiger charge is -2.07. The monoisotopic (exact) mass is 227 g/mol. The van der Waals surface area contributed by atoms with Crippen LogP contribution in [0.4, 0.5) is 0 Å². The second-order valence-corrected chi connectivity index (χ2v) is 4.10. The van der Waals surface area contributed by atoms with Crippen molar-refractivity contribution >= 4 is 23.8 Å². The quantitative estimate of drug-likeness (QED) is 0.798. The van der Waals surface area contributed by atoms with Gasteiger partial charge in [0.15, 0.2) is 10.6 Å². The summed E-state index contributed by atoms with van der Waals surface area (Å²) in [6.07, 6.45) is 0. The van der Waals surface area contributed by atoms with Gasteiger partial charge in [0.05, 0.1) is 0 Å². The van der Waals surface area contributed by atoms with Gasteiger partial charge >= 0.3 is 0 Å². The van der Waals surface area contributed by atoms with Gasteiger partial charge in [0.2, 0.25) is 0 Å². The third-order valence-corrected chi connectivity index (χ3v) is 2.60. The van der Waals surface area contributed by atoms with E-state index in [2.05, 4.69) is 33.6 Å². The van der Waals surface area contributed by atoms with Gasteiger partial charge in [-0.3, -0.25) is 9.67 Å². The molecule has 2 aromatic heterocycles. The van der Waals surface area contributed by atoms with Crippen molar-refractivity contribution in [3.05, 3.63) is 10.2 Å². The van der Waals surface area contributed by atoms with E-state index in [1.807, 2.05) is 9.95 Å². The summed E-state index contributed by atoms with van der Waals surface area (Å²) in [4.78, 5) is 0. The van der Waals surface area contributed by atoms with Crippen LogP contribution in [0.15, 0.2) is 5.38 Å². The average molecular weight is 227 g/mol. The Morgan fingerprint density at radius 1 is 1.57 bits per heavy atom. The average Bonchev–Trinajstić information content (AvgIpc) is 2.70. The van der Waals surface area contributed by atoms with E-state index >= 15 is 0 Å². The van der Waals surface area contributed by atoms with Gasteiger partial charge in [-0.1, -0.05) is 4.49 Å². The zero-order valence-corrected chi connectivity index (χ0v) is 9.39. The van der Waals surface area contributed by atoms with Crippen LogP contribution in [0.1, 0.15) is 19.9 Å². The van der Waals surface area contributed by atoms with Gasteiger partial charge in [-0.15, -0.1) is 5.10 Å². The molecular formula is C7H9N5S2. The van der Waals surface area contributed by atoms with E-state index < -0.39 is 0 Å². The van der Waals surface area contributed by atoms with Crippen molar-refractivity contribution in [1.29, 1.82) is 0 Å². The Kier molecular flexibility index (Phi) is 2.42. The molecule has 0 aliphatic rings. The lowest BCUT2D eigenvalue weighted by atomic mass is 10.3. The van der Waals surface area contributed by atoms with E-state index in [0.29, 0.717) is 4.77 Å². The van der Waals surface area contributed by atoms with Crippen molar-refractivity contribution in [1.82, 2.24) is 24.4 Å². The number of H-pyrrole nitrogens is 1. The van der Waals surface area contributed by atoms with Gasteiger partial charge in [0.25, 0.3) is 0 Å². The Morgan fingerprint density at radius 3 is 2.93 bits per heavy atom. The van der Waals surface area contributed by atoms with Gasteiger partial charge in [0.1, 0.15) is 5.69 Å². The predicted molar refractivity (Wildman–Crippen MR) is 56.7 cm³/mol. The minimum Gasteiger partial charge on any atom is -0.296 e. The van der Waals surface area contributed by atoms with Crippen LogP contribution < -0.4 is 0 Å². The molecule has 2 rings (SSSR count). The van der Waals surface area contributed by atoms with Crippen LogP contribution in [0.2, 0.25) is 0 Å². The maximum Gasteiger partial charge on any atom is 0.195 e. The Balaban J connectivity index is 2.60. The Morgan fingerprint density at radius 2 is 2.36 bits per heavy atom. The summed E-state index contributed by atoms with van der Waals surface area (Å²) in [5.41, 5.74) is 0.760. The number of aromatic nitrogens is 5. The van der Waals surface area contributed by atoms with Crippen LogP contribution in [0, 0.1) is 4.77 Å². The van der Waals surface area contributed by atoms with Gasteiger partial charge in [-0.25, -0.2) is 0 Å². The zero-order valence-electron chi connectivity index (χ0n) is 7.76. The molecule has 0 bridgehead atoms. The largest absolute Gasteiger partial charge is 0.296 e. The van der Waals surface area contributed by atoms with Crippen molar-refractivity contribution in [2.24, 2.45) is 0 Å². The van der Waals surface area contributed by atoms with E-state index in [4.69, 9.17) is 12.2 Å². The van der Waals surface area contributed by atoms with Crippen molar-refractivity contribution in [3.63, 3.8) is 0 Å². The molecule has 1 N–H and O–H groups in total. The summed E-state index contributed by atoms with van der Waals surface area (Å²) in [5, 5.41) is 12.7. The highest BCUT2D eigenvalue weighted by atomic mass is 32.1. The minimum absolute atomic E-state index is 0.262. The second-order valence-electron chi connectivity index (χ2n) is 3.11. The summed E-state index contributed by atoms with van der Waals surface area (Å²) >= 11 is 6.42. The molecule has 0 saturated carbocycles. The molecule has 2 aromatic rings. The van der Waals surface area contributed by atoms with E-state index in [-0.39, 0.29) is 6.04 Å². The maximum absolute atomic E-state index is 5.12. The molecule has 74 valence electrons. The molecule has 0 fully saturated rings. The molecule has 5 nitrogen and oxygen atoms in total. The number of hydrogen-bond donors (Lipinski definition) is 1. The number of nitrogens with one attached hydrogen (secondary N) is 1. The fourth-order valence-corrected chi connectivity index (χ4v) is 2.00. The number of aromatic amines is 1. The van der Waals surface area contributed by atoms with Gasteiger partial charge in [0, 0.05) is 11.4 Å². The summed E-state index contributed by atoms with van der Waals surface area (Å²) < 4.78 is 6.34. The highest BCUT2D eigenvalue weighted by Crippen LogP contribution is 2.19. The van der Waals surface area contributed by atoms with Crippen LogP contribution in [-0.4, -0.2) is 24.4 Å². The molecule has 0 radical (unpaired) electrons. The molecule has 0 amide bonds. The zero-order chi connectivity index (χ0) is 10.1. The topological polar surface area (TPSA) is 59.4 Å². The van der Waals surface area contributed by atoms with Crippen LogP contribution in [0.5, 0.6) is 0 Å². The fraction of sp³-hybridized carbons (Fsp3) is 0.429. The molecule has 0 aliphatic carbocycles. The molecule has 2 heterocycles. The van der Waals surface area contributed by atoms with Crippen molar-refractivity contribution < 1.29 is 0 Å². The van der Waals surface area contributed by atoms with Gasteiger partial charge < -0.3 is 0 Å². The third kappa shape index (κ3) is 1.48. The Labute approximate surface area is 90.0 Å². The lowest BCUT2D eigenvalue weighted by Crippen LogP contribution is -2.03. The van der Waals surface area contributed by atoms with Crippen molar-refractivity contribution in [2.45, 2.75) is 19.9 Å². The SMILES string of the molecule is CC(C)n1c(-c2csnn2)n[nH]c1=S. The summed E-state index contributed by atoms with van der Waals surface area (Å²) in [7, 11) is 0. The number of nitrogens with zero attached hydrogens (tertiary/aromatic N) is 4. The van der Waals surface area contributed by atoms with Crippen LogP contribution in [0.3, 0.4) is 0 Å². The highest BCUT2D eigenvalue weighted by Gasteiger charge is 2.13. The first-order valence-electron chi connectivity index (χ1n) is 4.14. The molecule has 0 unspecified atom stereocenters. The molecule has 0 aromatic carbocycles. The summed E-state index contributed by atoms with van der Waals surface area (Å²) in [5.74, 6) is 0.749. The Bertz CT molecular complexity index is 466. The number of rotatable bonds is 2. The van der Waals surface area contributed by atoms with E-state index in [9.17, 15) is 0 Å². The summed E-state index contributed by atoms with van der Waals surface area (Å²) in [6, 6.07) is 0.262. The van der Waals surface area contributed by atoms with Gasteiger partial charge in [-0.05, 0) is 37.6 Å². The lowest BCUT2D eigenvalue weighted by molar-refractivity contribution is 0.596. The van der Waals surface area contributed by atoms with E-state index in [1.54, 1.807) is 0 Å². The fourth-order valence-electron chi connectivity index (χ4n) is 1.23. The molecule has 14 heavy (non-hydrogen) atoms. The summed E-state index contributed by atoms with van der Waals surface area (Å²) in [6.45, 7) is 4.10. The van der Waals surface area contributed by atoms with Crippen LogP contribution >= 0.6 is 23.8 Å². The first-order valence-corrected chi connectivity index (χ1v) is 5.39. The van der Waals surface area contributed by atoms with Crippen molar-refractivity contribution in [2.75, 3.05) is 0 Å². The Hall–Kier alpha value is -1.08. The minimum atomic E-state index is 0.262. The molecule has 0 aliphatic heterocycles. The normalized spacial score (nSPS) is 11.1.